The molecule has 0 aromatic heterocycles. The largest absolute Gasteiger partial charge is 0.393 e. The number of piperidine rings is 1. The van der Waals surface area contributed by atoms with Crippen LogP contribution in [0.1, 0.15) is 69.4 Å². The molecule has 5 heteroatoms. The summed E-state index contributed by atoms with van der Waals surface area (Å²) in [6.45, 7) is 5.89. The van der Waals surface area contributed by atoms with Crippen molar-refractivity contribution >= 4 is 5.91 Å². The number of carbonyl (C=O) groups is 1. The Morgan fingerprint density at radius 1 is 1.19 bits per heavy atom. The quantitative estimate of drug-likeness (QED) is 0.716. The number of aliphatic hydroxyl groups is 2. The normalized spacial score (nSPS) is 29.4. The minimum atomic E-state index is -1.31. The van der Waals surface area contributed by atoms with Crippen LogP contribution in [0.15, 0.2) is 24.3 Å². The maximum absolute atomic E-state index is 12.9. The van der Waals surface area contributed by atoms with E-state index in [-0.39, 0.29) is 18.1 Å². The Kier molecular flexibility index (Phi) is 6.56. The summed E-state index contributed by atoms with van der Waals surface area (Å²) in [6, 6.07) is 8.70. The van der Waals surface area contributed by atoms with E-state index < -0.39 is 5.60 Å². The Hall–Kier alpha value is -1.43. The molecule has 1 saturated heterocycles. The fraction of sp³-hybridized carbons (Fsp3) is 0.682. The molecule has 1 heterocycles. The highest BCUT2D eigenvalue weighted by atomic mass is 16.3. The van der Waals surface area contributed by atoms with E-state index in [4.69, 9.17) is 0 Å². The molecule has 3 rings (SSSR count). The van der Waals surface area contributed by atoms with Crippen molar-refractivity contribution in [3.8, 4) is 0 Å². The third-order valence-electron chi connectivity index (χ3n) is 6.10. The van der Waals surface area contributed by atoms with Crippen molar-refractivity contribution in [3.05, 3.63) is 35.4 Å². The molecule has 3 N–H and O–H groups in total. The Morgan fingerprint density at radius 3 is 2.48 bits per heavy atom. The molecule has 0 unspecified atom stereocenters. The maximum atomic E-state index is 12.9. The number of likely N-dealkylation sites (tertiary alicyclic amines) is 1. The van der Waals surface area contributed by atoms with Gasteiger partial charge in [-0.05, 0) is 55.6 Å². The topological polar surface area (TPSA) is 72.8 Å². The lowest BCUT2D eigenvalue weighted by Crippen LogP contribution is -2.58. The van der Waals surface area contributed by atoms with Gasteiger partial charge in [0.2, 0.25) is 0 Å². The molecule has 1 aromatic carbocycles. The Bertz CT molecular complexity index is 623. The van der Waals surface area contributed by atoms with Gasteiger partial charge >= 0.3 is 0 Å². The third kappa shape index (κ3) is 5.09. The number of nitrogens with one attached hydrogen (secondary N) is 1. The molecule has 1 saturated carbocycles. The van der Waals surface area contributed by atoms with Crippen LogP contribution < -0.4 is 5.32 Å². The predicted octanol–water partition coefficient (Wildman–Crippen LogP) is 2.56. The molecule has 150 valence electrons. The van der Waals surface area contributed by atoms with E-state index in [1.165, 1.54) is 5.56 Å². The van der Waals surface area contributed by atoms with Crippen molar-refractivity contribution in [2.75, 3.05) is 13.1 Å². The molecule has 1 aliphatic carbocycles. The van der Waals surface area contributed by atoms with Crippen molar-refractivity contribution in [3.63, 3.8) is 0 Å². The van der Waals surface area contributed by atoms with Crippen LogP contribution in [0.4, 0.5) is 0 Å². The highest BCUT2D eigenvalue weighted by Crippen LogP contribution is 2.26. The van der Waals surface area contributed by atoms with Gasteiger partial charge in [-0.25, -0.2) is 0 Å². The standard InChI is InChI=1S/C22H34N2O3/c1-16(2)18-6-4-17(5-7-18)14-24-13-3-12-22(27,21(24)26)15-23-19-8-10-20(25)11-9-19/h4-7,16,19-20,23,25,27H,3,8-15H2,1-2H3/t19?,20?,22-/m0/s1. The minimum absolute atomic E-state index is 0.162. The Balaban J connectivity index is 1.57. The van der Waals surface area contributed by atoms with Gasteiger partial charge in [0.15, 0.2) is 5.60 Å². The van der Waals surface area contributed by atoms with Crippen LogP contribution in [0, 0.1) is 0 Å². The second-order valence-corrected chi connectivity index (χ2v) is 8.64. The first-order valence-electron chi connectivity index (χ1n) is 10.4. The van der Waals surface area contributed by atoms with Gasteiger partial charge in [-0.2, -0.15) is 0 Å². The molecule has 27 heavy (non-hydrogen) atoms. The summed E-state index contributed by atoms with van der Waals surface area (Å²) in [5.74, 6) is 0.331. The molecular formula is C22H34N2O3. The number of aliphatic hydroxyl groups excluding tert-OH is 1. The molecule has 0 radical (unpaired) electrons. The fourth-order valence-electron chi connectivity index (χ4n) is 4.20. The van der Waals surface area contributed by atoms with Crippen molar-refractivity contribution in [2.24, 2.45) is 0 Å². The van der Waals surface area contributed by atoms with Gasteiger partial charge in [-0.3, -0.25) is 4.79 Å². The van der Waals surface area contributed by atoms with E-state index in [0.717, 1.165) is 37.7 Å². The highest BCUT2D eigenvalue weighted by Gasteiger charge is 2.42. The van der Waals surface area contributed by atoms with Crippen molar-refractivity contribution in [1.82, 2.24) is 10.2 Å². The van der Waals surface area contributed by atoms with Crippen molar-refractivity contribution in [1.29, 1.82) is 0 Å². The minimum Gasteiger partial charge on any atom is -0.393 e. The van der Waals surface area contributed by atoms with Crippen LogP contribution in [0.3, 0.4) is 0 Å². The van der Waals surface area contributed by atoms with Crippen LogP contribution in [0.25, 0.3) is 0 Å². The molecular weight excluding hydrogens is 340 g/mol. The summed E-state index contributed by atoms with van der Waals surface area (Å²) >= 11 is 0. The van der Waals surface area contributed by atoms with Gasteiger partial charge in [0.25, 0.3) is 5.91 Å². The zero-order valence-electron chi connectivity index (χ0n) is 16.7. The van der Waals surface area contributed by atoms with Gasteiger partial charge in [-0.1, -0.05) is 38.1 Å². The van der Waals surface area contributed by atoms with E-state index in [0.29, 0.717) is 32.0 Å². The molecule has 2 fully saturated rings. The van der Waals surface area contributed by atoms with Crippen LogP contribution in [0.2, 0.25) is 0 Å². The lowest BCUT2D eigenvalue weighted by molar-refractivity contribution is -0.157. The first kappa shape index (κ1) is 20.3. The van der Waals surface area contributed by atoms with E-state index in [2.05, 4.69) is 43.4 Å². The molecule has 1 aromatic rings. The second-order valence-electron chi connectivity index (χ2n) is 8.64. The van der Waals surface area contributed by atoms with Gasteiger partial charge in [0.05, 0.1) is 6.10 Å². The molecule has 1 amide bonds. The summed E-state index contributed by atoms with van der Waals surface area (Å²) in [4.78, 5) is 14.7. The number of amides is 1. The molecule has 0 bridgehead atoms. The van der Waals surface area contributed by atoms with Crippen molar-refractivity contribution < 1.29 is 15.0 Å². The first-order valence-corrected chi connectivity index (χ1v) is 10.4. The maximum Gasteiger partial charge on any atom is 0.256 e. The predicted molar refractivity (Wildman–Crippen MR) is 106 cm³/mol. The number of hydrogen-bond donors (Lipinski definition) is 3. The summed E-state index contributed by atoms with van der Waals surface area (Å²) in [5, 5.41) is 24.0. The lowest BCUT2D eigenvalue weighted by Gasteiger charge is -2.39. The smallest absolute Gasteiger partial charge is 0.256 e. The number of benzene rings is 1. The first-order chi connectivity index (χ1) is 12.9. The van der Waals surface area contributed by atoms with Crippen LogP contribution in [0.5, 0.6) is 0 Å². The van der Waals surface area contributed by atoms with Crippen LogP contribution in [-0.2, 0) is 11.3 Å². The Morgan fingerprint density at radius 2 is 1.85 bits per heavy atom. The number of carbonyl (C=O) groups excluding carboxylic acids is 1. The number of rotatable bonds is 6. The summed E-state index contributed by atoms with van der Waals surface area (Å²) in [5.41, 5.74) is 1.08. The fourth-order valence-corrected chi connectivity index (χ4v) is 4.20. The lowest BCUT2D eigenvalue weighted by atomic mass is 9.89. The SMILES string of the molecule is CC(C)c1ccc(CN2CCC[C@](O)(CNC3CCC(O)CC3)C2=O)cc1. The zero-order valence-corrected chi connectivity index (χ0v) is 16.7. The van der Waals surface area contributed by atoms with Crippen LogP contribution in [-0.4, -0.2) is 51.9 Å². The third-order valence-corrected chi connectivity index (χ3v) is 6.10. The van der Waals surface area contributed by atoms with Gasteiger partial charge in [0.1, 0.15) is 0 Å². The molecule has 2 aliphatic rings. The highest BCUT2D eigenvalue weighted by molar-refractivity contribution is 5.86. The number of hydrogen-bond acceptors (Lipinski definition) is 4. The van der Waals surface area contributed by atoms with E-state index in [1.54, 1.807) is 4.90 Å². The van der Waals surface area contributed by atoms with Crippen LogP contribution >= 0.6 is 0 Å². The van der Waals surface area contributed by atoms with Gasteiger partial charge in [0, 0.05) is 25.7 Å². The summed E-state index contributed by atoms with van der Waals surface area (Å²) in [7, 11) is 0. The van der Waals surface area contributed by atoms with Crippen molar-refractivity contribution in [2.45, 2.75) is 82.6 Å². The van der Waals surface area contributed by atoms with Gasteiger partial charge in [-0.15, -0.1) is 0 Å². The van der Waals surface area contributed by atoms with E-state index >= 15 is 0 Å². The molecule has 1 atom stereocenters. The summed E-state index contributed by atoms with van der Waals surface area (Å²) < 4.78 is 0. The second kappa shape index (κ2) is 8.72. The Labute approximate surface area is 162 Å². The molecule has 0 spiro atoms. The zero-order chi connectivity index (χ0) is 19.4. The number of nitrogens with zero attached hydrogens (tertiary/aromatic N) is 1. The monoisotopic (exact) mass is 374 g/mol. The average Bonchev–Trinajstić information content (AvgIpc) is 2.66. The van der Waals surface area contributed by atoms with E-state index in [1.807, 2.05) is 0 Å². The summed E-state index contributed by atoms with van der Waals surface area (Å²) in [6.07, 6.45) is 4.52. The van der Waals surface area contributed by atoms with E-state index in [9.17, 15) is 15.0 Å². The average molecular weight is 375 g/mol. The van der Waals surface area contributed by atoms with Gasteiger partial charge < -0.3 is 20.4 Å². The molecule has 5 nitrogen and oxygen atoms in total. The molecule has 1 aliphatic heterocycles.